The quantitative estimate of drug-likeness (QED) is 0.331. The number of nitrogens with one attached hydrogen (secondary N) is 1. The molecule has 0 radical (unpaired) electrons. The molecule has 0 heterocycles. The number of hydrogen-bond donors (Lipinski definition) is 1. The van der Waals surface area contributed by atoms with Gasteiger partial charge in [0.25, 0.3) is 0 Å². The molecule has 152 valence electrons. The fourth-order valence-electron chi connectivity index (χ4n) is 3.47. The lowest BCUT2D eigenvalue weighted by Gasteiger charge is -2.16. The summed E-state index contributed by atoms with van der Waals surface area (Å²) < 4.78 is 6.22. The Morgan fingerprint density at radius 3 is 2.47 bits per heavy atom. The summed E-state index contributed by atoms with van der Waals surface area (Å²) in [4.78, 5) is 0. The Hall–Kier alpha value is -2.68. The third-order valence-corrected chi connectivity index (χ3v) is 5.96. The third-order valence-electron chi connectivity index (χ3n) is 5.37. The zero-order valence-corrected chi connectivity index (χ0v) is 18.5. The van der Waals surface area contributed by atoms with Gasteiger partial charge in [-0.3, -0.25) is 0 Å². The lowest BCUT2D eigenvalue weighted by Crippen LogP contribution is -2.05. The third kappa shape index (κ3) is 4.56. The van der Waals surface area contributed by atoms with Crippen molar-refractivity contribution in [3.63, 3.8) is 0 Å². The second kappa shape index (κ2) is 8.99. The molecule has 0 spiro atoms. The maximum atomic E-state index is 6.32. The van der Waals surface area contributed by atoms with Crippen LogP contribution in [0.25, 0.3) is 10.8 Å². The van der Waals surface area contributed by atoms with Crippen molar-refractivity contribution in [2.45, 2.75) is 27.0 Å². The standard InChI is InChI=1S/C26H23Cl2NO/c1-17-7-11-22(13-18(17)2)29-15-24-23-6-4-3-5-19(23)9-12-26(24)30-16-20-8-10-21(27)14-25(20)28/h3-14,29H,15-16H2,1-2H3. The fraction of sp³-hybridized carbons (Fsp3) is 0.154. The van der Waals surface area contributed by atoms with Gasteiger partial charge in [-0.2, -0.15) is 0 Å². The highest BCUT2D eigenvalue weighted by Gasteiger charge is 2.11. The summed E-state index contributed by atoms with van der Waals surface area (Å²) in [6, 6.07) is 24.4. The number of aryl methyl sites for hydroxylation is 2. The maximum Gasteiger partial charge on any atom is 0.125 e. The van der Waals surface area contributed by atoms with Crippen LogP contribution in [-0.2, 0) is 13.2 Å². The highest BCUT2D eigenvalue weighted by atomic mass is 35.5. The summed E-state index contributed by atoms with van der Waals surface area (Å²) in [6.45, 7) is 5.29. The van der Waals surface area contributed by atoms with Crippen LogP contribution in [0.1, 0.15) is 22.3 Å². The van der Waals surface area contributed by atoms with Crippen LogP contribution in [0.15, 0.2) is 72.8 Å². The Balaban J connectivity index is 1.62. The van der Waals surface area contributed by atoms with Crippen LogP contribution in [-0.4, -0.2) is 0 Å². The van der Waals surface area contributed by atoms with E-state index in [0.29, 0.717) is 23.2 Å². The molecule has 1 N–H and O–H groups in total. The first-order valence-corrected chi connectivity index (χ1v) is 10.7. The highest BCUT2D eigenvalue weighted by molar-refractivity contribution is 6.35. The molecular weight excluding hydrogens is 413 g/mol. The molecule has 0 unspecified atom stereocenters. The first kappa shape index (κ1) is 20.6. The molecule has 0 bridgehead atoms. The van der Waals surface area contributed by atoms with Gasteiger partial charge in [0.2, 0.25) is 0 Å². The van der Waals surface area contributed by atoms with Crippen molar-refractivity contribution >= 4 is 39.7 Å². The van der Waals surface area contributed by atoms with E-state index in [1.165, 1.54) is 21.9 Å². The van der Waals surface area contributed by atoms with Crippen molar-refractivity contribution in [2.75, 3.05) is 5.32 Å². The van der Waals surface area contributed by atoms with Crippen LogP contribution in [0, 0.1) is 13.8 Å². The molecule has 0 atom stereocenters. The molecular formula is C26H23Cl2NO. The number of halogens is 2. The predicted molar refractivity (Wildman–Crippen MR) is 128 cm³/mol. The van der Waals surface area contributed by atoms with E-state index < -0.39 is 0 Å². The second-order valence-electron chi connectivity index (χ2n) is 7.44. The van der Waals surface area contributed by atoms with E-state index in [1.807, 2.05) is 18.2 Å². The first-order chi connectivity index (χ1) is 14.5. The molecule has 4 aromatic rings. The number of ether oxygens (including phenoxy) is 1. The minimum absolute atomic E-state index is 0.380. The summed E-state index contributed by atoms with van der Waals surface area (Å²) >= 11 is 12.3. The molecule has 0 amide bonds. The number of rotatable bonds is 6. The molecule has 4 aromatic carbocycles. The van der Waals surface area contributed by atoms with E-state index in [2.05, 4.69) is 67.7 Å². The Morgan fingerprint density at radius 1 is 0.833 bits per heavy atom. The summed E-state index contributed by atoms with van der Waals surface area (Å²) in [7, 11) is 0. The van der Waals surface area contributed by atoms with Crippen molar-refractivity contribution in [3.05, 3.63) is 105 Å². The van der Waals surface area contributed by atoms with Crippen molar-refractivity contribution in [3.8, 4) is 5.75 Å². The van der Waals surface area contributed by atoms with Gasteiger partial charge in [0.1, 0.15) is 12.4 Å². The van der Waals surface area contributed by atoms with Gasteiger partial charge >= 0.3 is 0 Å². The molecule has 0 aliphatic carbocycles. The minimum atomic E-state index is 0.380. The van der Waals surface area contributed by atoms with Crippen molar-refractivity contribution in [1.29, 1.82) is 0 Å². The minimum Gasteiger partial charge on any atom is -0.488 e. The van der Waals surface area contributed by atoms with Crippen LogP contribution in [0.2, 0.25) is 10.0 Å². The molecule has 30 heavy (non-hydrogen) atoms. The molecule has 0 aromatic heterocycles. The van der Waals surface area contributed by atoms with Crippen LogP contribution in [0.3, 0.4) is 0 Å². The van der Waals surface area contributed by atoms with Crippen LogP contribution < -0.4 is 10.1 Å². The maximum absolute atomic E-state index is 6.32. The van der Waals surface area contributed by atoms with Gasteiger partial charge in [-0.15, -0.1) is 0 Å². The summed E-state index contributed by atoms with van der Waals surface area (Å²) in [5.41, 5.74) is 5.68. The van der Waals surface area contributed by atoms with E-state index in [0.717, 1.165) is 22.6 Å². The van der Waals surface area contributed by atoms with Gasteiger partial charge in [-0.05, 0) is 66.1 Å². The first-order valence-electron chi connectivity index (χ1n) is 9.90. The molecule has 0 saturated heterocycles. The average molecular weight is 436 g/mol. The Kier molecular flexibility index (Phi) is 6.17. The molecule has 0 saturated carbocycles. The van der Waals surface area contributed by atoms with Gasteiger partial charge in [-0.25, -0.2) is 0 Å². The van der Waals surface area contributed by atoms with E-state index in [-0.39, 0.29) is 0 Å². The molecule has 4 heteroatoms. The van der Waals surface area contributed by atoms with Gasteiger partial charge in [0.05, 0.1) is 0 Å². The second-order valence-corrected chi connectivity index (χ2v) is 8.28. The molecule has 4 rings (SSSR count). The van der Waals surface area contributed by atoms with Gasteiger partial charge in [0.15, 0.2) is 0 Å². The monoisotopic (exact) mass is 435 g/mol. The molecule has 0 fully saturated rings. The molecule has 0 aliphatic heterocycles. The van der Waals surface area contributed by atoms with E-state index in [4.69, 9.17) is 27.9 Å². The number of benzene rings is 4. The largest absolute Gasteiger partial charge is 0.488 e. The van der Waals surface area contributed by atoms with Crippen molar-refractivity contribution < 1.29 is 4.74 Å². The summed E-state index contributed by atoms with van der Waals surface area (Å²) in [5.74, 6) is 0.844. The SMILES string of the molecule is Cc1ccc(NCc2c(OCc3ccc(Cl)cc3Cl)ccc3ccccc23)cc1C. The lowest BCUT2D eigenvalue weighted by atomic mass is 10.0. The van der Waals surface area contributed by atoms with Crippen LogP contribution in [0.4, 0.5) is 5.69 Å². The molecule has 0 aliphatic rings. The van der Waals surface area contributed by atoms with Gasteiger partial charge in [-0.1, -0.05) is 65.7 Å². The average Bonchev–Trinajstić information content (AvgIpc) is 2.74. The van der Waals surface area contributed by atoms with Gasteiger partial charge in [0, 0.05) is 33.4 Å². The van der Waals surface area contributed by atoms with E-state index >= 15 is 0 Å². The zero-order valence-electron chi connectivity index (χ0n) is 17.0. The van der Waals surface area contributed by atoms with E-state index in [1.54, 1.807) is 6.07 Å². The normalized spacial score (nSPS) is 10.9. The summed E-state index contributed by atoms with van der Waals surface area (Å²) in [5, 5.41) is 7.14. The van der Waals surface area contributed by atoms with Crippen molar-refractivity contribution in [1.82, 2.24) is 0 Å². The predicted octanol–water partition coefficient (Wildman–Crippen LogP) is 7.95. The fourth-order valence-corrected chi connectivity index (χ4v) is 3.93. The number of anilines is 1. The Bertz CT molecular complexity index is 1200. The highest BCUT2D eigenvalue weighted by Crippen LogP contribution is 2.31. The molecule has 2 nitrogen and oxygen atoms in total. The number of fused-ring (bicyclic) bond motifs is 1. The zero-order chi connectivity index (χ0) is 21.1. The van der Waals surface area contributed by atoms with Crippen molar-refractivity contribution in [2.24, 2.45) is 0 Å². The van der Waals surface area contributed by atoms with Crippen LogP contribution in [0.5, 0.6) is 5.75 Å². The smallest absolute Gasteiger partial charge is 0.125 e. The summed E-state index contributed by atoms with van der Waals surface area (Å²) in [6.07, 6.45) is 0. The van der Waals surface area contributed by atoms with Crippen LogP contribution >= 0.6 is 23.2 Å². The Labute approximate surface area is 187 Å². The van der Waals surface area contributed by atoms with E-state index in [9.17, 15) is 0 Å². The van der Waals surface area contributed by atoms with Gasteiger partial charge < -0.3 is 10.1 Å². The Morgan fingerprint density at radius 2 is 1.67 bits per heavy atom. The topological polar surface area (TPSA) is 21.3 Å². The lowest BCUT2D eigenvalue weighted by molar-refractivity contribution is 0.304. The number of hydrogen-bond acceptors (Lipinski definition) is 2.